The van der Waals surface area contributed by atoms with Crippen molar-refractivity contribution in [2.24, 2.45) is 0 Å². The summed E-state index contributed by atoms with van der Waals surface area (Å²) in [5.41, 5.74) is 2.88. The van der Waals surface area contributed by atoms with Gasteiger partial charge in [0.25, 0.3) is 5.69 Å². The molecule has 0 atom stereocenters. The van der Waals surface area contributed by atoms with E-state index in [0.717, 1.165) is 58.6 Å². The number of thiophene rings is 1. The van der Waals surface area contributed by atoms with Gasteiger partial charge < -0.3 is 9.30 Å². The first-order valence-electron chi connectivity index (χ1n) is 11.3. The summed E-state index contributed by atoms with van der Waals surface area (Å²) in [6.07, 6.45) is 0. The second-order valence-electron chi connectivity index (χ2n) is 8.72. The number of hydrogen-bond acceptors (Lipinski definition) is 4. The van der Waals surface area contributed by atoms with Crippen molar-refractivity contribution in [2.45, 2.75) is 0 Å². The third-order valence-corrected chi connectivity index (χ3v) is 8.92. The van der Waals surface area contributed by atoms with Crippen molar-refractivity contribution in [1.29, 1.82) is 0 Å². The number of nitro groups is 1. The largest absolute Gasteiger partial charge is 0.497 e. The Kier molecular flexibility index (Phi) is 4.61. The molecule has 7 heteroatoms. The molecule has 174 valence electrons. The first kappa shape index (κ1) is 21.4. The van der Waals surface area contributed by atoms with Crippen molar-refractivity contribution in [3.63, 3.8) is 0 Å². The van der Waals surface area contributed by atoms with Crippen molar-refractivity contribution in [1.82, 2.24) is 4.57 Å². The predicted molar refractivity (Wildman–Crippen MR) is 152 cm³/mol. The third kappa shape index (κ3) is 2.93. The molecule has 0 saturated heterocycles. The van der Waals surface area contributed by atoms with Crippen LogP contribution in [0.2, 0.25) is 0 Å². The van der Waals surface area contributed by atoms with Crippen LogP contribution in [0.25, 0.3) is 58.4 Å². The van der Waals surface area contributed by atoms with Crippen molar-refractivity contribution in [3.8, 4) is 11.4 Å². The van der Waals surface area contributed by atoms with Crippen LogP contribution in [0.15, 0.2) is 89.4 Å². The number of aromatic nitrogens is 1. The summed E-state index contributed by atoms with van der Waals surface area (Å²) in [7, 11) is 1.66. The fraction of sp³-hybridized carbons (Fsp3) is 0.0345. The van der Waals surface area contributed by atoms with E-state index < -0.39 is 0 Å². The molecule has 7 aromatic rings. The van der Waals surface area contributed by atoms with Gasteiger partial charge in [0.05, 0.1) is 33.5 Å². The van der Waals surface area contributed by atoms with Gasteiger partial charge in [0.2, 0.25) is 0 Å². The van der Waals surface area contributed by atoms with E-state index in [4.69, 9.17) is 4.74 Å². The molecule has 7 rings (SSSR count). The first-order chi connectivity index (χ1) is 17.5. The van der Waals surface area contributed by atoms with Crippen LogP contribution in [-0.4, -0.2) is 16.6 Å². The van der Waals surface area contributed by atoms with Gasteiger partial charge in [0.15, 0.2) is 0 Å². The van der Waals surface area contributed by atoms with E-state index in [0.29, 0.717) is 0 Å². The molecule has 2 heterocycles. The zero-order chi connectivity index (χ0) is 24.6. The van der Waals surface area contributed by atoms with Crippen LogP contribution in [0.3, 0.4) is 0 Å². The monoisotopic (exact) mass is 552 g/mol. The molecule has 0 aliphatic heterocycles. The Bertz CT molecular complexity index is 2040. The number of non-ortho nitro benzene ring substituents is 1. The molecule has 0 amide bonds. The number of methoxy groups -OCH3 is 1. The molecule has 0 aliphatic rings. The van der Waals surface area contributed by atoms with Crippen molar-refractivity contribution < 1.29 is 9.66 Å². The van der Waals surface area contributed by atoms with Crippen LogP contribution in [-0.2, 0) is 0 Å². The van der Waals surface area contributed by atoms with Gasteiger partial charge in [-0.05, 0) is 63.8 Å². The highest BCUT2D eigenvalue weighted by Crippen LogP contribution is 2.47. The molecule has 0 saturated carbocycles. The molecule has 5 aromatic carbocycles. The summed E-state index contributed by atoms with van der Waals surface area (Å²) >= 11 is 5.57. The molecular formula is C29H17BrN2O3S. The average Bonchev–Trinajstić information content (AvgIpc) is 3.44. The Balaban J connectivity index is 1.76. The average molecular weight is 553 g/mol. The van der Waals surface area contributed by atoms with Gasteiger partial charge in [0, 0.05) is 48.2 Å². The van der Waals surface area contributed by atoms with Crippen LogP contribution >= 0.6 is 27.3 Å². The number of nitrogens with zero attached hydrogens (tertiary/aromatic N) is 2. The number of hydrogen-bond donors (Lipinski definition) is 0. The van der Waals surface area contributed by atoms with Crippen LogP contribution < -0.4 is 4.74 Å². The fourth-order valence-corrected chi connectivity index (χ4v) is 7.05. The lowest BCUT2D eigenvalue weighted by Gasteiger charge is -2.13. The van der Waals surface area contributed by atoms with Crippen molar-refractivity contribution in [3.05, 3.63) is 99.5 Å². The molecule has 0 fully saturated rings. The van der Waals surface area contributed by atoms with Gasteiger partial charge >= 0.3 is 0 Å². The molecule has 36 heavy (non-hydrogen) atoms. The van der Waals surface area contributed by atoms with E-state index in [1.54, 1.807) is 30.6 Å². The Morgan fingerprint density at radius 2 is 1.72 bits per heavy atom. The predicted octanol–water partition coefficient (Wildman–Crippen LogP) is 8.98. The SMILES string of the molecule is COc1ccc2c(-n3c4cc([N+](=O)[O-])ccc4c4cc(Br)c5sc6ccccc6c5c43)cccc2c1. The standard InChI is InChI=1S/C29H17BrN2O3S/c1-35-18-10-12-19-16(13-18)5-4-7-24(19)31-25-14-17(32(33)34)9-11-20(25)22-15-23(30)29-27(28(22)31)21-6-2-3-8-26(21)36-29/h2-15H,1H3. The van der Waals surface area contributed by atoms with Gasteiger partial charge in [-0.25, -0.2) is 0 Å². The molecule has 0 aliphatic carbocycles. The summed E-state index contributed by atoms with van der Waals surface area (Å²) in [4.78, 5) is 11.4. The van der Waals surface area contributed by atoms with E-state index in [2.05, 4.69) is 69.0 Å². The summed E-state index contributed by atoms with van der Waals surface area (Å²) < 4.78 is 11.0. The second-order valence-corrected chi connectivity index (χ2v) is 10.6. The molecule has 0 spiro atoms. The topological polar surface area (TPSA) is 57.3 Å². The summed E-state index contributed by atoms with van der Waals surface area (Å²) in [5.74, 6) is 0.785. The fourth-order valence-electron chi connectivity index (χ4n) is 5.27. The van der Waals surface area contributed by atoms with E-state index in [9.17, 15) is 10.1 Å². The Hall–Kier alpha value is -3.94. The van der Waals surface area contributed by atoms with Crippen molar-refractivity contribution >= 4 is 85.7 Å². The van der Waals surface area contributed by atoms with Gasteiger partial charge in [0.1, 0.15) is 5.75 Å². The molecular weight excluding hydrogens is 536 g/mol. The zero-order valence-electron chi connectivity index (χ0n) is 19.0. The maximum atomic E-state index is 11.8. The number of nitro benzene ring substituents is 1. The molecule has 0 radical (unpaired) electrons. The second kappa shape index (κ2) is 7.78. The maximum Gasteiger partial charge on any atom is 0.271 e. The highest BCUT2D eigenvalue weighted by Gasteiger charge is 2.22. The highest BCUT2D eigenvalue weighted by molar-refractivity contribution is 9.10. The van der Waals surface area contributed by atoms with E-state index in [-0.39, 0.29) is 10.6 Å². The number of benzene rings is 5. The number of rotatable bonds is 3. The Morgan fingerprint density at radius 3 is 2.56 bits per heavy atom. The quantitative estimate of drug-likeness (QED) is 0.162. The highest BCUT2D eigenvalue weighted by atomic mass is 79.9. The lowest BCUT2D eigenvalue weighted by atomic mass is 10.1. The van der Waals surface area contributed by atoms with E-state index in [1.807, 2.05) is 24.3 Å². The molecule has 2 aromatic heterocycles. The lowest BCUT2D eigenvalue weighted by molar-refractivity contribution is -0.384. The van der Waals surface area contributed by atoms with Crippen LogP contribution in [0.5, 0.6) is 5.75 Å². The number of fused-ring (bicyclic) bond motifs is 8. The maximum absolute atomic E-state index is 11.8. The van der Waals surface area contributed by atoms with Crippen LogP contribution in [0.4, 0.5) is 5.69 Å². The Labute approximate surface area is 217 Å². The van der Waals surface area contributed by atoms with E-state index in [1.165, 1.54) is 10.1 Å². The number of halogens is 1. The Morgan fingerprint density at radius 1 is 0.889 bits per heavy atom. The molecule has 0 N–H and O–H groups in total. The minimum Gasteiger partial charge on any atom is -0.497 e. The summed E-state index contributed by atoms with van der Waals surface area (Å²) in [6, 6.07) is 27.9. The number of ether oxygens (including phenoxy) is 1. The molecule has 5 nitrogen and oxygen atoms in total. The minimum absolute atomic E-state index is 0.0685. The van der Waals surface area contributed by atoms with Gasteiger partial charge in [-0.1, -0.05) is 30.3 Å². The van der Waals surface area contributed by atoms with Gasteiger partial charge in [-0.15, -0.1) is 11.3 Å². The summed E-state index contributed by atoms with van der Waals surface area (Å²) in [5, 5.41) is 18.2. The summed E-state index contributed by atoms with van der Waals surface area (Å²) in [6.45, 7) is 0. The van der Waals surface area contributed by atoms with Crippen LogP contribution in [0.1, 0.15) is 0 Å². The third-order valence-electron chi connectivity index (χ3n) is 6.83. The lowest BCUT2D eigenvalue weighted by Crippen LogP contribution is -1.97. The van der Waals surface area contributed by atoms with Gasteiger partial charge in [-0.3, -0.25) is 10.1 Å². The van der Waals surface area contributed by atoms with E-state index >= 15 is 0 Å². The van der Waals surface area contributed by atoms with Gasteiger partial charge in [-0.2, -0.15) is 0 Å². The van der Waals surface area contributed by atoms with Crippen LogP contribution in [0, 0.1) is 10.1 Å². The first-order valence-corrected chi connectivity index (χ1v) is 13.0. The molecule has 0 unspecified atom stereocenters. The zero-order valence-corrected chi connectivity index (χ0v) is 21.4. The van der Waals surface area contributed by atoms with Crippen molar-refractivity contribution in [2.75, 3.05) is 7.11 Å². The smallest absolute Gasteiger partial charge is 0.271 e. The molecule has 0 bridgehead atoms. The normalized spacial score (nSPS) is 11.8. The minimum atomic E-state index is -0.332.